The Bertz CT molecular complexity index is 1990. The molecule has 6 rings (SSSR count). The Morgan fingerprint density at radius 1 is 0.927 bits per heavy atom. The Hall–Kier alpha value is -4.71. The molecule has 0 radical (unpaired) electrons. The van der Waals surface area contributed by atoms with Crippen LogP contribution in [-0.4, -0.2) is 59.3 Å². The molecule has 3 atom stereocenters. The summed E-state index contributed by atoms with van der Waals surface area (Å²) in [6.45, 7) is 5.93. The van der Waals surface area contributed by atoms with Gasteiger partial charge >= 0.3 is 6.09 Å². The monoisotopic (exact) mass is 787 g/mol. The summed E-state index contributed by atoms with van der Waals surface area (Å²) in [6, 6.07) is 25.7. The van der Waals surface area contributed by atoms with E-state index in [1.165, 1.54) is 11.4 Å². The van der Waals surface area contributed by atoms with Crippen molar-refractivity contribution in [2.75, 3.05) is 39.3 Å². The summed E-state index contributed by atoms with van der Waals surface area (Å²) in [7, 11) is 0.508. The van der Waals surface area contributed by atoms with Crippen LogP contribution in [0.3, 0.4) is 0 Å². The molecule has 1 fully saturated rings. The minimum atomic E-state index is -4.05. The first-order chi connectivity index (χ1) is 26.6. The molecular formula is C43H50ClN3O7S. The molecule has 55 heavy (non-hydrogen) atoms. The Morgan fingerprint density at radius 2 is 1.60 bits per heavy atom. The van der Waals surface area contributed by atoms with Gasteiger partial charge in [-0.25, -0.2) is 13.2 Å². The van der Waals surface area contributed by atoms with Gasteiger partial charge in [0.1, 0.15) is 23.9 Å². The number of alkyl carbamates (subject to hydrolysis) is 1. The fraction of sp³-hybridized carbons (Fsp3) is 0.372. The summed E-state index contributed by atoms with van der Waals surface area (Å²) >= 11 is 6.40. The normalized spacial score (nSPS) is 17.7. The molecule has 1 amide bonds. The third-order valence-electron chi connectivity index (χ3n) is 10.7. The molecule has 1 heterocycles. The number of amides is 1. The van der Waals surface area contributed by atoms with Crippen molar-refractivity contribution < 1.29 is 32.2 Å². The van der Waals surface area contributed by atoms with Crippen LogP contribution in [0.4, 0.5) is 10.5 Å². The Morgan fingerprint density at radius 3 is 2.18 bits per heavy atom. The van der Waals surface area contributed by atoms with Crippen LogP contribution in [0.1, 0.15) is 47.9 Å². The molecule has 0 bridgehead atoms. The number of rotatable bonds is 13. The van der Waals surface area contributed by atoms with Crippen molar-refractivity contribution in [3.63, 3.8) is 0 Å². The number of methoxy groups -OCH3 is 3. The number of carbonyl (C=O) groups is 1. The second kappa shape index (κ2) is 18.3. The first kappa shape index (κ1) is 40.0. The SMILES string of the molecule is C=C[C@@H](NC(=O)OC)[C@@H]1CC[C@H]1CN1CCCCc2cc(Cl)ccc2COc2ccc(S(=O)(=O)N(Cc3ccc(OC)cc3)Cc3ccc(OC)cc3)cc21. The first-order valence-electron chi connectivity index (χ1n) is 18.6. The number of halogens is 1. The van der Waals surface area contributed by atoms with Crippen molar-refractivity contribution in [2.24, 2.45) is 11.8 Å². The predicted molar refractivity (Wildman–Crippen MR) is 216 cm³/mol. The van der Waals surface area contributed by atoms with Crippen molar-refractivity contribution >= 4 is 33.4 Å². The van der Waals surface area contributed by atoms with Crippen LogP contribution < -0.4 is 24.4 Å². The summed E-state index contributed by atoms with van der Waals surface area (Å²) in [6.07, 6.45) is 5.80. The van der Waals surface area contributed by atoms with Gasteiger partial charge in [0.05, 0.1) is 38.0 Å². The third-order valence-corrected chi connectivity index (χ3v) is 12.8. The van der Waals surface area contributed by atoms with Gasteiger partial charge in [-0.05, 0) is 121 Å². The highest BCUT2D eigenvalue weighted by Crippen LogP contribution is 2.41. The molecule has 0 saturated heterocycles. The molecular weight excluding hydrogens is 738 g/mol. The number of hydrogen-bond acceptors (Lipinski definition) is 8. The maximum Gasteiger partial charge on any atom is 0.407 e. The highest BCUT2D eigenvalue weighted by atomic mass is 35.5. The third kappa shape index (κ3) is 9.76. The van der Waals surface area contributed by atoms with Gasteiger partial charge in [0, 0.05) is 31.2 Å². The van der Waals surface area contributed by atoms with Crippen LogP contribution in [0.25, 0.3) is 0 Å². The van der Waals surface area contributed by atoms with Crippen LogP contribution in [0, 0.1) is 11.8 Å². The lowest BCUT2D eigenvalue weighted by atomic mass is 9.69. The lowest BCUT2D eigenvalue weighted by Crippen LogP contribution is -2.49. The Kier molecular flexibility index (Phi) is 13.3. The summed E-state index contributed by atoms with van der Waals surface area (Å²) in [5, 5.41) is 3.62. The Labute approximate surface area is 330 Å². The van der Waals surface area contributed by atoms with E-state index in [4.69, 9.17) is 30.5 Å². The molecule has 4 aromatic carbocycles. The second-order valence-corrected chi connectivity index (χ2v) is 16.5. The van der Waals surface area contributed by atoms with Crippen molar-refractivity contribution in [3.8, 4) is 17.2 Å². The lowest BCUT2D eigenvalue weighted by molar-refractivity contribution is 0.129. The lowest BCUT2D eigenvalue weighted by Gasteiger charge is -2.44. The van der Waals surface area contributed by atoms with Gasteiger partial charge in [-0.1, -0.05) is 48.0 Å². The number of fused-ring (bicyclic) bond motifs is 2. The molecule has 1 saturated carbocycles. The smallest absolute Gasteiger partial charge is 0.407 e. The quantitative estimate of drug-likeness (QED) is 0.135. The van der Waals surface area contributed by atoms with Crippen LogP contribution in [-0.2, 0) is 40.9 Å². The number of sulfonamides is 1. The zero-order chi connectivity index (χ0) is 39.0. The van der Waals surface area contributed by atoms with Gasteiger partial charge in [0.15, 0.2) is 0 Å². The summed E-state index contributed by atoms with van der Waals surface area (Å²) in [4.78, 5) is 14.6. The molecule has 0 unspecified atom stereocenters. The average molecular weight is 788 g/mol. The maximum absolute atomic E-state index is 14.8. The topological polar surface area (TPSA) is 107 Å². The van der Waals surface area contributed by atoms with Crippen LogP contribution in [0.5, 0.6) is 17.2 Å². The zero-order valence-electron chi connectivity index (χ0n) is 31.7. The molecule has 10 nitrogen and oxygen atoms in total. The number of carbonyl (C=O) groups excluding carboxylic acids is 1. The minimum absolute atomic E-state index is 0.148. The molecule has 4 aromatic rings. The van der Waals surface area contributed by atoms with Gasteiger partial charge in [-0.2, -0.15) is 4.31 Å². The fourth-order valence-corrected chi connectivity index (χ4v) is 9.07. The van der Waals surface area contributed by atoms with Crippen LogP contribution in [0.2, 0.25) is 5.02 Å². The van der Waals surface area contributed by atoms with E-state index in [-0.39, 0.29) is 35.9 Å². The maximum atomic E-state index is 14.8. The van der Waals surface area contributed by atoms with E-state index in [1.54, 1.807) is 38.5 Å². The minimum Gasteiger partial charge on any atom is -0.497 e. The van der Waals surface area contributed by atoms with Crippen molar-refractivity contribution in [1.29, 1.82) is 0 Å². The average Bonchev–Trinajstić information content (AvgIpc) is 3.22. The highest BCUT2D eigenvalue weighted by Gasteiger charge is 2.38. The van der Waals surface area contributed by atoms with E-state index in [2.05, 4.69) is 16.8 Å². The van der Waals surface area contributed by atoms with E-state index in [9.17, 15) is 13.2 Å². The number of benzene rings is 4. The van der Waals surface area contributed by atoms with E-state index in [1.807, 2.05) is 66.7 Å². The van der Waals surface area contributed by atoms with Crippen molar-refractivity contribution in [3.05, 3.63) is 125 Å². The Balaban J connectivity index is 1.37. The zero-order valence-corrected chi connectivity index (χ0v) is 33.3. The van der Waals surface area contributed by atoms with Gasteiger partial charge in [0.25, 0.3) is 0 Å². The van der Waals surface area contributed by atoms with Crippen molar-refractivity contribution in [1.82, 2.24) is 9.62 Å². The van der Waals surface area contributed by atoms with Crippen LogP contribution in [0.15, 0.2) is 102 Å². The number of aryl methyl sites for hydroxylation is 1. The molecule has 1 aliphatic heterocycles. The number of nitrogens with zero attached hydrogens (tertiary/aromatic N) is 2. The summed E-state index contributed by atoms with van der Waals surface area (Å²) < 4.78 is 53.4. The van der Waals surface area contributed by atoms with E-state index in [0.717, 1.165) is 54.4 Å². The number of hydrogen-bond donors (Lipinski definition) is 1. The number of ether oxygens (including phenoxy) is 4. The molecule has 1 aliphatic carbocycles. The van der Waals surface area contributed by atoms with Gasteiger partial charge in [-0.3, -0.25) is 0 Å². The van der Waals surface area contributed by atoms with Gasteiger partial charge in [-0.15, -0.1) is 6.58 Å². The van der Waals surface area contributed by atoms with E-state index >= 15 is 0 Å². The number of nitrogens with one attached hydrogen (secondary N) is 1. The molecule has 2 aliphatic rings. The number of anilines is 1. The van der Waals surface area contributed by atoms with E-state index in [0.29, 0.717) is 47.7 Å². The fourth-order valence-electron chi connectivity index (χ4n) is 7.44. The standard InChI is InChI=1S/C43H50ClN3O7S/c1-5-40(45-43(48)53-4)39-21-14-33(39)28-46-23-7-6-8-32-24-35(44)15-13-34(32)29-54-42-22-20-38(25-41(42)46)55(49,50)47(26-30-9-16-36(51-2)17-10-30)27-31-11-18-37(52-3)19-12-31/h5,9-13,15-20,22,24-25,33,39-40H,1,6-8,14,21,23,26-29H2,2-4H3,(H,45,48)/t33-,39+,40+/m0/s1. The highest BCUT2D eigenvalue weighted by molar-refractivity contribution is 7.89. The van der Waals surface area contributed by atoms with E-state index < -0.39 is 16.1 Å². The first-order valence-corrected chi connectivity index (χ1v) is 20.5. The molecule has 292 valence electrons. The largest absolute Gasteiger partial charge is 0.497 e. The van der Waals surface area contributed by atoms with Crippen LogP contribution >= 0.6 is 11.6 Å². The molecule has 0 spiro atoms. The summed E-state index contributed by atoms with van der Waals surface area (Å²) in [5.74, 6) is 2.36. The summed E-state index contributed by atoms with van der Waals surface area (Å²) in [5.41, 5.74) is 4.56. The molecule has 0 aromatic heterocycles. The second-order valence-electron chi connectivity index (χ2n) is 14.1. The van der Waals surface area contributed by atoms with Gasteiger partial charge in [0.2, 0.25) is 10.0 Å². The predicted octanol–water partition coefficient (Wildman–Crippen LogP) is 8.41. The molecule has 1 N–H and O–H groups in total. The van der Waals surface area contributed by atoms with Crippen molar-refractivity contribution in [2.45, 2.75) is 62.7 Å². The van der Waals surface area contributed by atoms with Gasteiger partial charge < -0.3 is 29.2 Å². The molecule has 12 heteroatoms.